The minimum absolute atomic E-state index is 0.286. The first kappa shape index (κ1) is 20.7. The van der Waals surface area contributed by atoms with Gasteiger partial charge in [-0.05, 0) is 29.3 Å². The van der Waals surface area contributed by atoms with Gasteiger partial charge in [-0.15, -0.1) is 0 Å². The minimum atomic E-state index is -5.26. The van der Waals surface area contributed by atoms with E-state index in [1.807, 2.05) is 30.3 Å². The molecule has 0 bridgehead atoms. The number of alkyl halides is 3. The van der Waals surface area contributed by atoms with E-state index < -0.39 is 17.5 Å². The first-order valence-corrected chi connectivity index (χ1v) is 9.25. The smallest absolute Gasteiger partial charge is 0.365 e. The fraction of sp³-hybridized carbons (Fsp3) is 0.136. The van der Waals surface area contributed by atoms with Crippen molar-refractivity contribution in [3.05, 3.63) is 84.4 Å². The van der Waals surface area contributed by atoms with Crippen molar-refractivity contribution in [3.8, 4) is 11.1 Å². The lowest BCUT2D eigenvalue weighted by Crippen LogP contribution is -2.42. The number of hydrogen-bond donors (Lipinski definition) is 3. The zero-order chi connectivity index (χ0) is 22.1. The number of anilines is 1. The van der Waals surface area contributed by atoms with Crippen LogP contribution in [0.2, 0.25) is 0 Å². The molecular weight excluding hydrogens is 409 g/mol. The van der Waals surface area contributed by atoms with Crippen LogP contribution in [0.4, 0.5) is 19.0 Å². The van der Waals surface area contributed by atoms with Crippen molar-refractivity contribution >= 4 is 16.7 Å². The molecular formula is C22H17F3N4O2. The lowest BCUT2D eigenvalue weighted by molar-refractivity contribution is -0.358. The predicted octanol–water partition coefficient (Wildman–Crippen LogP) is 4.00. The molecule has 9 heteroatoms. The van der Waals surface area contributed by atoms with E-state index in [0.29, 0.717) is 28.8 Å². The largest absolute Gasteiger partial charge is 0.447 e. The molecule has 0 aliphatic rings. The van der Waals surface area contributed by atoms with Gasteiger partial charge in [0.1, 0.15) is 12.1 Å². The van der Waals surface area contributed by atoms with Crippen LogP contribution in [-0.2, 0) is 12.3 Å². The lowest BCUT2D eigenvalue weighted by Gasteiger charge is -2.24. The molecule has 0 aliphatic carbocycles. The molecule has 0 amide bonds. The summed E-state index contributed by atoms with van der Waals surface area (Å²) < 4.78 is 39.0. The van der Waals surface area contributed by atoms with Crippen LogP contribution in [-0.4, -0.2) is 31.3 Å². The quantitative estimate of drug-likeness (QED) is 0.418. The minimum Gasteiger partial charge on any atom is -0.365 e. The molecule has 0 atom stereocenters. The molecule has 4 rings (SSSR count). The summed E-state index contributed by atoms with van der Waals surface area (Å²) in [6.45, 7) is 0.525. The van der Waals surface area contributed by atoms with Crippen molar-refractivity contribution in [1.82, 2.24) is 15.0 Å². The summed E-state index contributed by atoms with van der Waals surface area (Å²) in [6, 6.07) is 15.8. The number of aliphatic hydroxyl groups is 2. The fourth-order valence-electron chi connectivity index (χ4n) is 3.11. The highest BCUT2D eigenvalue weighted by molar-refractivity contribution is 5.92. The van der Waals surface area contributed by atoms with Gasteiger partial charge in [-0.25, -0.2) is 9.97 Å². The van der Waals surface area contributed by atoms with Crippen LogP contribution in [0, 0.1) is 0 Å². The average molecular weight is 426 g/mol. The maximum Gasteiger partial charge on any atom is 0.447 e. The third-order valence-electron chi connectivity index (χ3n) is 4.81. The third kappa shape index (κ3) is 4.18. The second kappa shape index (κ2) is 7.93. The van der Waals surface area contributed by atoms with Crippen LogP contribution < -0.4 is 5.32 Å². The van der Waals surface area contributed by atoms with Crippen molar-refractivity contribution in [2.24, 2.45) is 0 Å². The monoisotopic (exact) mass is 426 g/mol. The Labute approximate surface area is 175 Å². The lowest BCUT2D eigenvalue weighted by atomic mass is 10.0. The Balaban J connectivity index is 1.70. The summed E-state index contributed by atoms with van der Waals surface area (Å²) in [6.07, 6.45) is -1.72. The number of aromatic nitrogens is 3. The number of hydrogen-bond acceptors (Lipinski definition) is 6. The molecule has 0 radical (unpaired) electrons. The van der Waals surface area contributed by atoms with Crippen LogP contribution >= 0.6 is 0 Å². The second-order valence-corrected chi connectivity index (χ2v) is 6.93. The van der Waals surface area contributed by atoms with E-state index in [2.05, 4.69) is 20.3 Å². The number of nitrogens with zero attached hydrogens (tertiary/aromatic N) is 3. The fourth-order valence-corrected chi connectivity index (χ4v) is 3.11. The van der Waals surface area contributed by atoms with E-state index in [1.165, 1.54) is 12.5 Å². The van der Waals surface area contributed by atoms with E-state index >= 15 is 0 Å². The molecule has 6 nitrogen and oxygen atoms in total. The number of fused-ring (bicyclic) bond motifs is 1. The Morgan fingerprint density at radius 3 is 2.39 bits per heavy atom. The van der Waals surface area contributed by atoms with Gasteiger partial charge in [-0.3, -0.25) is 4.98 Å². The van der Waals surface area contributed by atoms with Crippen LogP contribution in [0.1, 0.15) is 11.1 Å². The molecule has 0 aliphatic heterocycles. The van der Waals surface area contributed by atoms with Crippen LogP contribution in [0.25, 0.3) is 22.0 Å². The van der Waals surface area contributed by atoms with E-state index in [9.17, 15) is 23.4 Å². The summed E-state index contributed by atoms with van der Waals surface area (Å²) in [5.41, 5.74) is 1.74. The number of benzene rings is 2. The maximum atomic E-state index is 13.0. The molecule has 158 valence electrons. The SMILES string of the molecule is OC(O)(c1cncc(-c2ccc3ncnc(NCc4ccccc4)c3c2)c1)C(F)(F)F. The Morgan fingerprint density at radius 1 is 0.871 bits per heavy atom. The first-order chi connectivity index (χ1) is 14.8. The number of pyridine rings is 1. The second-order valence-electron chi connectivity index (χ2n) is 6.93. The Kier molecular flexibility index (Phi) is 5.30. The standard InChI is InChI=1S/C22H17F3N4O2/c23-22(24,25)21(30,31)17-8-16(11-26-12-17)15-6-7-19-18(9-15)20(29-13-28-19)27-10-14-4-2-1-3-5-14/h1-9,11-13,30-31H,10H2,(H,27,28,29). The molecule has 2 aromatic heterocycles. The zero-order valence-corrected chi connectivity index (χ0v) is 16.0. The molecule has 0 saturated carbocycles. The number of rotatable bonds is 5. The van der Waals surface area contributed by atoms with Crippen LogP contribution in [0.3, 0.4) is 0 Å². The van der Waals surface area contributed by atoms with Crippen molar-refractivity contribution in [3.63, 3.8) is 0 Å². The van der Waals surface area contributed by atoms with Gasteiger partial charge in [-0.1, -0.05) is 36.4 Å². The van der Waals surface area contributed by atoms with Gasteiger partial charge in [0.2, 0.25) is 0 Å². The van der Waals surface area contributed by atoms with Crippen molar-refractivity contribution < 1.29 is 23.4 Å². The molecule has 0 unspecified atom stereocenters. The number of nitrogens with one attached hydrogen (secondary N) is 1. The van der Waals surface area contributed by atoms with Crippen molar-refractivity contribution in [1.29, 1.82) is 0 Å². The highest BCUT2D eigenvalue weighted by Gasteiger charge is 2.54. The Bertz CT molecular complexity index is 1210. The average Bonchev–Trinajstić information content (AvgIpc) is 2.77. The van der Waals surface area contributed by atoms with Crippen LogP contribution in [0.15, 0.2) is 73.3 Å². The summed E-state index contributed by atoms with van der Waals surface area (Å²) in [5.74, 6) is -3.44. The molecule has 0 fully saturated rings. The Morgan fingerprint density at radius 2 is 1.65 bits per heavy atom. The van der Waals surface area contributed by atoms with Gasteiger partial charge in [-0.2, -0.15) is 13.2 Å². The Hall–Kier alpha value is -3.56. The van der Waals surface area contributed by atoms with Gasteiger partial charge in [0.05, 0.1) is 5.52 Å². The molecule has 0 spiro atoms. The molecule has 0 saturated heterocycles. The van der Waals surface area contributed by atoms with Crippen molar-refractivity contribution in [2.75, 3.05) is 5.32 Å². The van der Waals surface area contributed by atoms with Gasteiger partial charge in [0.15, 0.2) is 0 Å². The van der Waals surface area contributed by atoms with Gasteiger partial charge in [0.25, 0.3) is 5.79 Å². The van der Waals surface area contributed by atoms with Gasteiger partial charge in [0, 0.05) is 35.5 Å². The molecule has 31 heavy (non-hydrogen) atoms. The molecule has 3 N–H and O–H groups in total. The topological polar surface area (TPSA) is 91.2 Å². The normalized spacial score (nSPS) is 12.2. The third-order valence-corrected chi connectivity index (χ3v) is 4.81. The zero-order valence-electron chi connectivity index (χ0n) is 16.0. The van der Waals surface area contributed by atoms with Gasteiger partial charge < -0.3 is 15.5 Å². The highest BCUT2D eigenvalue weighted by atomic mass is 19.4. The molecule has 4 aromatic rings. The van der Waals surface area contributed by atoms with Crippen molar-refractivity contribution in [2.45, 2.75) is 18.5 Å². The van der Waals surface area contributed by atoms with E-state index in [4.69, 9.17) is 0 Å². The summed E-state index contributed by atoms with van der Waals surface area (Å²) in [7, 11) is 0. The summed E-state index contributed by atoms with van der Waals surface area (Å²) in [4.78, 5) is 12.3. The highest BCUT2D eigenvalue weighted by Crippen LogP contribution is 2.37. The summed E-state index contributed by atoms with van der Waals surface area (Å²) in [5, 5.41) is 23.0. The summed E-state index contributed by atoms with van der Waals surface area (Å²) >= 11 is 0. The van der Waals surface area contributed by atoms with E-state index in [0.717, 1.165) is 17.8 Å². The van der Waals surface area contributed by atoms with Crippen LogP contribution in [0.5, 0.6) is 0 Å². The first-order valence-electron chi connectivity index (χ1n) is 9.25. The predicted molar refractivity (Wildman–Crippen MR) is 109 cm³/mol. The molecule has 2 aromatic carbocycles. The maximum absolute atomic E-state index is 13.0. The molecule has 2 heterocycles. The number of halogens is 3. The van der Waals surface area contributed by atoms with E-state index in [1.54, 1.807) is 18.2 Å². The van der Waals surface area contributed by atoms with Gasteiger partial charge >= 0.3 is 6.18 Å². The van der Waals surface area contributed by atoms with E-state index in [-0.39, 0.29) is 5.56 Å².